The van der Waals surface area contributed by atoms with E-state index in [-0.39, 0.29) is 6.42 Å². The molecule has 0 spiro atoms. The first kappa shape index (κ1) is 18.1. The largest absolute Gasteiger partial charge is 0.481 e. The fourth-order valence-corrected chi connectivity index (χ4v) is 7.26. The molecule has 3 aromatic rings. The van der Waals surface area contributed by atoms with Crippen LogP contribution in [0.2, 0.25) is 0 Å². The molecule has 130 valence electrons. The Balaban J connectivity index is 2.18. The highest BCUT2D eigenvalue weighted by Crippen LogP contribution is 2.55. The smallest absolute Gasteiger partial charge is 0.307 e. The molecule has 0 aliphatic carbocycles. The van der Waals surface area contributed by atoms with Crippen molar-refractivity contribution >= 4 is 29.1 Å². The summed E-state index contributed by atoms with van der Waals surface area (Å²) < 4.78 is 0. The van der Waals surface area contributed by atoms with Gasteiger partial charge in [0.1, 0.15) is 23.2 Å². The first-order valence-electron chi connectivity index (χ1n) is 8.65. The molecule has 26 heavy (non-hydrogen) atoms. The number of carboxylic acids is 1. The van der Waals surface area contributed by atoms with E-state index >= 15 is 0 Å². The second-order valence-electron chi connectivity index (χ2n) is 6.07. The molecule has 0 atom stereocenters. The molecule has 0 bridgehead atoms. The van der Waals surface area contributed by atoms with E-state index in [4.69, 9.17) is 5.11 Å². The van der Waals surface area contributed by atoms with Crippen molar-refractivity contribution in [3.05, 3.63) is 103 Å². The molecule has 0 fully saturated rings. The Morgan fingerprint density at radius 3 is 1.42 bits per heavy atom. The summed E-state index contributed by atoms with van der Waals surface area (Å²) in [7, 11) is -1.89. The Bertz CT molecular complexity index is 762. The third-order valence-corrected chi connectivity index (χ3v) is 8.73. The summed E-state index contributed by atoms with van der Waals surface area (Å²) in [5, 5.41) is 12.9. The molecule has 0 radical (unpaired) electrons. The number of benzene rings is 3. The van der Waals surface area contributed by atoms with Gasteiger partial charge in [-0.2, -0.15) is 0 Å². The lowest BCUT2D eigenvalue weighted by Gasteiger charge is -2.26. The SMILES string of the molecule is O=C(O)CC=CC[P+](c1ccccc1)(c1ccccc1)c1ccccc1. The van der Waals surface area contributed by atoms with Gasteiger partial charge in [0, 0.05) is 0 Å². The van der Waals surface area contributed by atoms with Gasteiger partial charge in [0.2, 0.25) is 0 Å². The van der Waals surface area contributed by atoms with E-state index in [2.05, 4.69) is 72.8 Å². The van der Waals surface area contributed by atoms with Crippen molar-refractivity contribution in [2.24, 2.45) is 0 Å². The van der Waals surface area contributed by atoms with Gasteiger partial charge in [-0.05, 0) is 42.5 Å². The average molecular weight is 361 g/mol. The fourth-order valence-electron chi connectivity index (χ4n) is 3.23. The zero-order valence-corrected chi connectivity index (χ0v) is 15.4. The number of hydrogen-bond donors (Lipinski definition) is 1. The molecule has 0 amide bonds. The van der Waals surface area contributed by atoms with Crippen LogP contribution in [0.1, 0.15) is 6.42 Å². The van der Waals surface area contributed by atoms with E-state index in [0.717, 1.165) is 6.16 Å². The van der Waals surface area contributed by atoms with Crippen LogP contribution in [-0.4, -0.2) is 17.2 Å². The molecule has 0 aliphatic rings. The van der Waals surface area contributed by atoms with Crippen molar-refractivity contribution in [3.63, 3.8) is 0 Å². The standard InChI is InChI=1S/C23H21O2P/c24-23(25)18-10-11-19-26(20-12-4-1-5-13-20,21-14-6-2-7-15-21)22-16-8-3-9-17-22/h1-17H,18-19H2/p+1. The fraction of sp³-hybridized carbons (Fsp3) is 0.0870. The Morgan fingerprint density at radius 1 is 0.692 bits per heavy atom. The molecule has 3 aromatic carbocycles. The van der Waals surface area contributed by atoms with Crippen LogP contribution in [-0.2, 0) is 4.79 Å². The van der Waals surface area contributed by atoms with Gasteiger partial charge in [0.25, 0.3) is 0 Å². The Hall–Kier alpha value is -2.70. The van der Waals surface area contributed by atoms with E-state index < -0.39 is 13.2 Å². The van der Waals surface area contributed by atoms with Gasteiger partial charge >= 0.3 is 5.97 Å². The van der Waals surface area contributed by atoms with Crippen molar-refractivity contribution in [1.29, 1.82) is 0 Å². The maximum atomic E-state index is 10.9. The molecule has 2 nitrogen and oxygen atoms in total. The van der Waals surface area contributed by atoms with E-state index in [0.29, 0.717) is 0 Å². The van der Waals surface area contributed by atoms with Crippen molar-refractivity contribution in [2.75, 3.05) is 6.16 Å². The Morgan fingerprint density at radius 2 is 1.08 bits per heavy atom. The van der Waals surface area contributed by atoms with E-state index in [9.17, 15) is 4.79 Å². The first-order valence-corrected chi connectivity index (χ1v) is 10.6. The third kappa shape index (κ3) is 3.92. The molecule has 0 aromatic heterocycles. The molecule has 0 heterocycles. The van der Waals surface area contributed by atoms with Crippen molar-refractivity contribution < 1.29 is 9.90 Å². The lowest BCUT2D eigenvalue weighted by molar-refractivity contribution is -0.136. The first-order chi connectivity index (χ1) is 12.7. The molecule has 3 heteroatoms. The number of hydrogen-bond acceptors (Lipinski definition) is 1. The number of allylic oxidation sites excluding steroid dienone is 1. The number of aliphatic carboxylic acids is 1. The average Bonchev–Trinajstić information content (AvgIpc) is 2.70. The van der Waals surface area contributed by atoms with Crippen LogP contribution in [0, 0.1) is 0 Å². The quantitative estimate of drug-likeness (QED) is 0.510. The second kappa shape index (κ2) is 8.60. The highest BCUT2D eigenvalue weighted by atomic mass is 31.2. The number of rotatable bonds is 7. The van der Waals surface area contributed by atoms with Crippen molar-refractivity contribution in [2.45, 2.75) is 6.42 Å². The summed E-state index contributed by atoms with van der Waals surface area (Å²) in [6.45, 7) is 0. The van der Waals surface area contributed by atoms with E-state index in [1.54, 1.807) is 6.08 Å². The zero-order chi connectivity index (χ0) is 18.2. The molecule has 3 rings (SSSR count). The minimum Gasteiger partial charge on any atom is -0.481 e. The molecular weight excluding hydrogens is 339 g/mol. The summed E-state index contributed by atoms with van der Waals surface area (Å²) >= 11 is 0. The predicted octanol–water partition coefficient (Wildman–Crippen LogP) is 4.01. The van der Waals surface area contributed by atoms with Crippen LogP contribution in [0.5, 0.6) is 0 Å². The van der Waals surface area contributed by atoms with Crippen molar-refractivity contribution in [3.8, 4) is 0 Å². The normalized spacial score (nSPS) is 11.5. The van der Waals surface area contributed by atoms with Gasteiger partial charge < -0.3 is 5.11 Å². The number of carbonyl (C=O) groups is 1. The maximum absolute atomic E-state index is 10.9. The predicted molar refractivity (Wildman–Crippen MR) is 111 cm³/mol. The summed E-state index contributed by atoms with van der Waals surface area (Å²) in [5.41, 5.74) is 0. The van der Waals surface area contributed by atoms with E-state index in [1.165, 1.54) is 15.9 Å². The van der Waals surface area contributed by atoms with E-state index in [1.807, 2.05) is 24.3 Å². The topological polar surface area (TPSA) is 37.3 Å². The van der Waals surface area contributed by atoms with Crippen LogP contribution < -0.4 is 15.9 Å². The second-order valence-corrected chi connectivity index (χ2v) is 9.60. The molecule has 0 saturated heterocycles. The highest BCUT2D eigenvalue weighted by molar-refractivity contribution is 7.95. The van der Waals surface area contributed by atoms with Crippen LogP contribution in [0.25, 0.3) is 0 Å². The lowest BCUT2D eigenvalue weighted by Crippen LogP contribution is -2.32. The van der Waals surface area contributed by atoms with Gasteiger partial charge in [-0.15, -0.1) is 0 Å². The maximum Gasteiger partial charge on any atom is 0.307 e. The van der Waals surface area contributed by atoms with Gasteiger partial charge in [-0.25, -0.2) is 0 Å². The summed E-state index contributed by atoms with van der Waals surface area (Å²) in [6, 6.07) is 31.7. The monoisotopic (exact) mass is 361 g/mol. The van der Waals surface area contributed by atoms with Gasteiger partial charge in [0.05, 0.1) is 12.6 Å². The summed E-state index contributed by atoms with van der Waals surface area (Å²) in [6.07, 6.45) is 4.66. The molecular formula is C23H22O2P+. The lowest BCUT2D eigenvalue weighted by atomic mass is 10.3. The Kier molecular flexibility index (Phi) is 5.99. The highest BCUT2D eigenvalue weighted by Gasteiger charge is 2.43. The third-order valence-electron chi connectivity index (χ3n) is 4.43. The van der Waals surface area contributed by atoms with Crippen LogP contribution >= 0.6 is 7.26 Å². The minimum absolute atomic E-state index is 0.0539. The summed E-state index contributed by atoms with van der Waals surface area (Å²) in [5.74, 6) is -0.802. The zero-order valence-electron chi connectivity index (χ0n) is 14.5. The summed E-state index contributed by atoms with van der Waals surface area (Å²) in [4.78, 5) is 10.9. The Labute approximate surface area is 155 Å². The van der Waals surface area contributed by atoms with Gasteiger partial charge in [-0.1, -0.05) is 60.7 Å². The van der Waals surface area contributed by atoms with Gasteiger partial charge in [0.15, 0.2) is 0 Å². The van der Waals surface area contributed by atoms with Crippen LogP contribution in [0.15, 0.2) is 103 Å². The van der Waals surface area contributed by atoms with Crippen molar-refractivity contribution in [1.82, 2.24) is 0 Å². The molecule has 1 N–H and O–H groups in total. The molecule has 0 unspecified atom stereocenters. The minimum atomic E-state index is -1.89. The van der Waals surface area contributed by atoms with Crippen LogP contribution in [0.4, 0.5) is 0 Å². The van der Waals surface area contributed by atoms with Gasteiger partial charge in [-0.3, -0.25) is 4.79 Å². The number of carboxylic acid groups (broad SMARTS) is 1. The van der Waals surface area contributed by atoms with Crippen LogP contribution in [0.3, 0.4) is 0 Å². The molecule has 0 saturated carbocycles. The molecule has 0 aliphatic heterocycles.